The SMILES string of the molecule is CS(=O)(=O)c1ccc(N2CCCN(C(=O)C3CCCCC3C(=O)NC3(C#N)CC3)CC2)cc1. The van der Waals surface area contributed by atoms with Crippen LogP contribution in [0, 0.1) is 23.2 Å². The molecule has 1 aromatic rings. The van der Waals surface area contributed by atoms with Crippen molar-refractivity contribution in [3.05, 3.63) is 24.3 Å². The van der Waals surface area contributed by atoms with Gasteiger partial charge in [-0.05, 0) is 56.4 Å². The summed E-state index contributed by atoms with van der Waals surface area (Å²) < 4.78 is 23.4. The highest BCUT2D eigenvalue weighted by atomic mass is 32.2. The first kappa shape index (κ1) is 23.6. The van der Waals surface area contributed by atoms with Gasteiger partial charge < -0.3 is 15.1 Å². The molecular weight excluding hydrogens is 440 g/mol. The van der Waals surface area contributed by atoms with Gasteiger partial charge in [0.2, 0.25) is 11.8 Å². The Labute approximate surface area is 195 Å². The molecule has 1 saturated heterocycles. The number of hydrogen-bond donors (Lipinski definition) is 1. The van der Waals surface area contributed by atoms with Crippen molar-refractivity contribution >= 4 is 27.3 Å². The molecule has 0 radical (unpaired) electrons. The molecule has 0 aromatic heterocycles. The topological polar surface area (TPSA) is 111 Å². The van der Waals surface area contributed by atoms with Crippen molar-refractivity contribution in [3.8, 4) is 6.07 Å². The Balaban J connectivity index is 1.40. The molecule has 0 bridgehead atoms. The van der Waals surface area contributed by atoms with Gasteiger partial charge in [0.15, 0.2) is 9.84 Å². The van der Waals surface area contributed by atoms with Gasteiger partial charge in [-0.25, -0.2) is 8.42 Å². The van der Waals surface area contributed by atoms with Crippen LogP contribution in [-0.4, -0.2) is 63.1 Å². The Morgan fingerprint density at radius 3 is 2.27 bits per heavy atom. The third kappa shape index (κ3) is 5.32. The molecule has 2 atom stereocenters. The van der Waals surface area contributed by atoms with Crippen LogP contribution in [0.25, 0.3) is 0 Å². The molecule has 2 unspecified atom stereocenters. The maximum absolute atomic E-state index is 13.5. The van der Waals surface area contributed by atoms with E-state index in [0.29, 0.717) is 50.2 Å². The van der Waals surface area contributed by atoms with Gasteiger partial charge in [-0.1, -0.05) is 12.8 Å². The van der Waals surface area contributed by atoms with E-state index in [-0.39, 0.29) is 23.7 Å². The number of rotatable bonds is 5. The molecule has 3 fully saturated rings. The predicted molar refractivity (Wildman–Crippen MR) is 124 cm³/mol. The number of nitrogens with zero attached hydrogens (tertiary/aromatic N) is 3. The highest BCUT2D eigenvalue weighted by Gasteiger charge is 2.47. The normalized spacial score (nSPS) is 25.0. The van der Waals surface area contributed by atoms with Crippen LogP contribution in [0.5, 0.6) is 0 Å². The van der Waals surface area contributed by atoms with Gasteiger partial charge in [-0.3, -0.25) is 9.59 Å². The van der Waals surface area contributed by atoms with Crippen LogP contribution in [0.2, 0.25) is 0 Å². The Morgan fingerprint density at radius 2 is 1.67 bits per heavy atom. The lowest BCUT2D eigenvalue weighted by Gasteiger charge is -2.34. The molecule has 2 amide bonds. The second-order valence-electron chi connectivity index (χ2n) is 9.61. The van der Waals surface area contributed by atoms with Crippen molar-refractivity contribution in [3.63, 3.8) is 0 Å². The fraction of sp³-hybridized carbons (Fsp3) is 0.625. The van der Waals surface area contributed by atoms with Gasteiger partial charge in [0.1, 0.15) is 5.54 Å². The van der Waals surface area contributed by atoms with Crippen molar-refractivity contribution in [2.24, 2.45) is 11.8 Å². The molecule has 4 rings (SSSR count). The van der Waals surface area contributed by atoms with Crippen LogP contribution < -0.4 is 10.2 Å². The van der Waals surface area contributed by atoms with Gasteiger partial charge in [0.05, 0.1) is 11.0 Å². The van der Waals surface area contributed by atoms with Crippen molar-refractivity contribution in [1.29, 1.82) is 5.26 Å². The van der Waals surface area contributed by atoms with Crippen molar-refractivity contribution in [2.75, 3.05) is 37.3 Å². The smallest absolute Gasteiger partial charge is 0.226 e. The number of sulfone groups is 1. The lowest BCUT2D eigenvalue weighted by Crippen LogP contribution is -2.48. The lowest BCUT2D eigenvalue weighted by molar-refractivity contribution is -0.143. The summed E-state index contributed by atoms with van der Waals surface area (Å²) in [6.45, 7) is 2.65. The summed E-state index contributed by atoms with van der Waals surface area (Å²) in [5.74, 6) is -0.783. The molecule has 2 saturated carbocycles. The van der Waals surface area contributed by atoms with E-state index in [1.807, 2.05) is 17.0 Å². The van der Waals surface area contributed by atoms with Gasteiger partial charge in [-0.15, -0.1) is 0 Å². The summed E-state index contributed by atoms with van der Waals surface area (Å²) >= 11 is 0. The number of amides is 2. The van der Waals surface area contributed by atoms with Crippen LogP contribution in [0.15, 0.2) is 29.2 Å². The van der Waals surface area contributed by atoms with Crippen LogP contribution in [0.3, 0.4) is 0 Å². The van der Waals surface area contributed by atoms with E-state index < -0.39 is 15.4 Å². The summed E-state index contributed by atoms with van der Waals surface area (Å²) in [6, 6.07) is 9.08. The van der Waals surface area contributed by atoms with E-state index in [1.54, 1.807) is 12.1 Å². The molecule has 178 valence electrons. The van der Waals surface area contributed by atoms with Gasteiger partial charge in [0.25, 0.3) is 0 Å². The molecule has 1 aliphatic heterocycles. The molecule has 2 aliphatic carbocycles. The monoisotopic (exact) mass is 472 g/mol. The second-order valence-corrected chi connectivity index (χ2v) is 11.6. The Kier molecular flexibility index (Phi) is 6.66. The second kappa shape index (κ2) is 9.34. The zero-order valence-electron chi connectivity index (χ0n) is 19.1. The molecule has 0 spiro atoms. The number of benzene rings is 1. The van der Waals surface area contributed by atoms with E-state index in [2.05, 4.69) is 16.3 Å². The first-order valence-corrected chi connectivity index (χ1v) is 13.7. The molecule has 8 nitrogen and oxygen atoms in total. The number of nitriles is 1. The first-order chi connectivity index (χ1) is 15.7. The standard InChI is InChI=1S/C24H32N4O4S/c1-33(31,32)19-9-7-18(8-10-19)27-13-4-14-28(16-15-27)23(30)21-6-3-2-5-20(21)22(29)26-24(17-25)11-12-24/h7-10,20-21H,2-6,11-16H2,1H3,(H,26,29). The van der Waals surface area contributed by atoms with E-state index >= 15 is 0 Å². The molecule has 1 N–H and O–H groups in total. The van der Waals surface area contributed by atoms with Crippen LogP contribution in [-0.2, 0) is 19.4 Å². The average Bonchev–Trinajstić information content (AvgIpc) is 3.62. The first-order valence-electron chi connectivity index (χ1n) is 11.8. The molecule has 33 heavy (non-hydrogen) atoms. The van der Waals surface area contributed by atoms with Crippen LogP contribution >= 0.6 is 0 Å². The highest BCUT2D eigenvalue weighted by Crippen LogP contribution is 2.37. The van der Waals surface area contributed by atoms with Gasteiger partial charge >= 0.3 is 0 Å². The summed E-state index contributed by atoms with van der Waals surface area (Å²) in [5.41, 5.74) is 0.232. The van der Waals surface area contributed by atoms with E-state index in [0.717, 1.165) is 31.5 Å². The zero-order chi connectivity index (χ0) is 23.6. The maximum atomic E-state index is 13.5. The lowest BCUT2D eigenvalue weighted by atomic mass is 9.77. The molecule has 1 aromatic carbocycles. The fourth-order valence-corrected chi connectivity index (χ4v) is 5.62. The number of anilines is 1. The van der Waals surface area contributed by atoms with E-state index in [9.17, 15) is 23.3 Å². The van der Waals surface area contributed by atoms with Crippen molar-refractivity contribution in [2.45, 2.75) is 55.4 Å². The van der Waals surface area contributed by atoms with Crippen molar-refractivity contribution < 1.29 is 18.0 Å². The minimum Gasteiger partial charge on any atom is -0.370 e. The number of nitrogens with one attached hydrogen (secondary N) is 1. The van der Waals surface area contributed by atoms with Crippen LogP contribution in [0.4, 0.5) is 5.69 Å². The Morgan fingerprint density at radius 1 is 1.00 bits per heavy atom. The number of hydrogen-bond acceptors (Lipinski definition) is 6. The van der Waals surface area contributed by atoms with Gasteiger partial charge in [-0.2, -0.15) is 5.26 Å². The van der Waals surface area contributed by atoms with E-state index in [4.69, 9.17) is 0 Å². The fourth-order valence-electron chi connectivity index (χ4n) is 4.99. The van der Waals surface area contributed by atoms with Crippen LogP contribution in [0.1, 0.15) is 44.9 Å². The average molecular weight is 473 g/mol. The number of carbonyl (C=O) groups is 2. The van der Waals surface area contributed by atoms with E-state index in [1.165, 1.54) is 6.26 Å². The predicted octanol–water partition coefficient (Wildman–Crippen LogP) is 2.11. The summed E-state index contributed by atoms with van der Waals surface area (Å²) in [7, 11) is -3.23. The minimum absolute atomic E-state index is 0.0472. The molecule has 1 heterocycles. The highest BCUT2D eigenvalue weighted by molar-refractivity contribution is 7.90. The molecule has 9 heteroatoms. The van der Waals surface area contributed by atoms with Gasteiger partial charge in [0, 0.05) is 50.0 Å². The number of carbonyl (C=O) groups excluding carboxylic acids is 2. The summed E-state index contributed by atoms with van der Waals surface area (Å²) in [5, 5.41) is 12.2. The maximum Gasteiger partial charge on any atom is 0.226 e. The molecular formula is C24H32N4O4S. The zero-order valence-corrected chi connectivity index (χ0v) is 19.9. The quantitative estimate of drug-likeness (QED) is 0.703. The largest absolute Gasteiger partial charge is 0.370 e. The summed E-state index contributed by atoms with van der Waals surface area (Å²) in [4.78, 5) is 30.8. The Bertz CT molecular complexity index is 1040. The third-order valence-corrected chi connectivity index (χ3v) is 8.31. The van der Waals surface area contributed by atoms with Crippen molar-refractivity contribution in [1.82, 2.24) is 10.2 Å². The minimum atomic E-state index is -3.23. The summed E-state index contributed by atoms with van der Waals surface area (Å²) in [6.07, 6.45) is 6.65. The Hall–Kier alpha value is -2.60. The third-order valence-electron chi connectivity index (χ3n) is 7.18. The molecule has 3 aliphatic rings.